The Morgan fingerprint density at radius 2 is 2.00 bits per heavy atom. The van der Waals surface area contributed by atoms with E-state index in [9.17, 15) is 4.79 Å². The van der Waals surface area contributed by atoms with Gasteiger partial charge in [0.1, 0.15) is 5.75 Å². The molecule has 0 bridgehead atoms. The fraction of sp³-hybridized carbons (Fsp3) is 0.316. The van der Waals surface area contributed by atoms with Gasteiger partial charge in [-0.05, 0) is 37.1 Å². The predicted molar refractivity (Wildman–Crippen MR) is 90.1 cm³/mol. The van der Waals surface area contributed by atoms with Gasteiger partial charge in [0.2, 0.25) is 0 Å². The van der Waals surface area contributed by atoms with E-state index in [0.717, 1.165) is 35.6 Å². The van der Waals surface area contributed by atoms with Crippen molar-refractivity contribution < 1.29 is 9.53 Å². The van der Waals surface area contributed by atoms with Crippen molar-refractivity contribution in [3.63, 3.8) is 0 Å². The van der Waals surface area contributed by atoms with E-state index in [-0.39, 0.29) is 18.1 Å². The maximum absolute atomic E-state index is 12.7. The van der Waals surface area contributed by atoms with Crippen LogP contribution < -0.4 is 15.0 Å². The molecule has 0 aliphatic carbocycles. The smallest absolute Gasteiger partial charge is 0.322 e. The molecule has 23 heavy (non-hydrogen) atoms. The molecular formula is C19H20N2O2. The molecule has 0 radical (unpaired) electrons. The topological polar surface area (TPSA) is 41.6 Å². The van der Waals surface area contributed by atoms with Gasteiger partial charge in [0.15, 0.2) is 0 Å². The molecule has 4 heteroatoms. The lowest BCUT2D eigenvalue weighted by Gasteiger charge is -2.38. The number of carbonyl (C=O) groups excluding carboxylic acids is 1. The Kier molecular flexibility index (Phi) is 3.26. The Bertz CT molecular complexity index is 755. The molecule has 4 nitrogen and oxygen atoms in total. The zero-order valence-electron chi connectivity index (χ0n) is 13.4. The number of fused-ring (bicyclic) bond motifs is 2. The highest BCUT2D eigenvalue weighted by atomic mass is 16.5. The monoisotopic (exact) mass is 308 g/mol. The minimum absolute atomic E-state index is 0.0415. The number of nitrogens with one attached hydrogen (secondary N) is 1. The van der Waals surface area contributed by atoms with E-state index < -0.39 is 0 Å². The van der Waals surface area contributed by atoms with Crippen molar-refractivity contribution in [1.82, 2.24) is 5.32 Å². The van der Waals surface area contributed by atoms with Gasteiger partial charge in [0.25, 0.3) is 0 Å². The molecule has 0 fully saturated rings. The zero-order valence-corrected chi connectivity index (χ0v) is 13.4. The molecular weight excluding hydrogens is 288 g/mol. The summed E-state index contributed by atoms with van der Waals surface area (Å²) in [6.07, 6.45) is 0.909. The first-order valence-electron chi connectivity index (χ1n) is 8.09. The highest BCUT2D eigenvalue weighted by molar-refractivity contribution is 5.97. The molecule has 2 aromatic carbocycles. The molecule has 2 amide bonds. The van der Waals surface area contributed by atoms with Crippen LogP contribution in [0.15, 0.2) is 42.5 Å². The fourth-order valence-corrected chi connectivity index (χ4v) is 3.47. The molecule has 0 saturated heterocycles. The van der Waals surface area contributed by atoms with Crippen LogP contribution in [0.2, 0.25) is 0 Å². The molecule has 1 unspecified atom stereocenters. The number of urea groups is 1. The third-order valence-corrected chi connectivity index (χ3v) is 4.55. The normalized spacial score (nSPS) is 19.2. The maximum atomic E-state index is 12.7. The average molecular weight is 308 g/mol. The number of anilines is 1. The van der Waals surface area contributed by atoms with Crippen molar-refractivity contribution in [3.8, 4) is 5.75 Å². The first-order valence-corrected chi connectivity index (χ1v) is 8.09. The Balaban J connectivity index is 1.90. The third kappa shape index (κ3) is 2.25. The van der Waals surface area contributed by atoms with E-state index in [1.807, 2.05) is 49.1 Å². The van der Waals surface area contributed by atoms with Gasteiger partial charge < -0.3 is 10.1 Å². The fourth-order valence-electron chi connectivity index (χ4n) is 3.47. The van der Waals surface area contributed by atoms with Gasteiger partial charge in [-0.25, -0.2) is 4.79 Å². The highest BCUT2D eigenvalue weighted by Crippen LogP contribution is 2.41. The third-order valence-electron chi connectivity index (χ3n) is 4.55. The molecule has 118 valence electrons. The second kappa shape index (κ2) is 5.30. The van der Waals surface area contributed by atoms with Gasteiger partial charge >= 0.3 is 6.03 Å². The highest BCUT2D eigenvalue weighted by Gasteiger charge is 2.34. The lowest BCUT2D eigenvalue weighted by Crippen LogP contribution is -2.50. The molecule has 2 heterocycles. The molecule has 0 saturated carbocycles. The lowest BCUT2D eigenvalue weighted by atomic mass is 9.92. The van der Waals surface area contributed by atoms with Crippen LogP contribution in [-0.2, 0) is 6.42 Å². The summed E-state index contributed by atoms with van der Waals surface area (Å²) in [5.41, 5.74) is 4.38. The molecule has 1 atom stereocenters. The molecule has 0 aromatic heterocycles. The van der Waals surface area contributed by atoms with E-state index in [1.165, 1.54) is 5.56 Å². The van der Waals surface area contributed by atoms with Gasteiger partial charge in [-0.1, -0.05) is 30.3 Å². The number of hydrogen-bond donors (Lipinski definition) is 1. The average Bonchev–Trinajstić information content (AvgIpc) is 3.00. The minimum Gasteiger partial charge on any atom is -0.493 e. The second-order valence-electron chi connectivity index (χ2n) is 6.37. The van der Waals surface area contributed by atoms with Crippen molar-refractivity contribution in [2.45, 2.75) is 32.4 Å². The minimum atomic E-state index is -0.136. The standard InChI is InChI=1S/C19H20N2O2/c1-12(2)21-16-10-14-8-9-23-17(14)11-15(16)18(20-19(21)22)13-6-4-3-5-7-13/h3-7,10-12,18H,8-9H2,1-2H3,(H,20,22). The van der Waals surface area contributed by atoms with Crippen LogP contribution in [0, 0.1) is 0 Å². The van der Waals surface area contributed by atoms with Crippen LogP contribution in [0.4, 0.5) is 10.5 Å². The second-order valence-corrected chi connectivity index (χ2v) is 6.37. The molecule has 0 spiro atoms. The Morgan fingerprint density at radius 3 is 2.74 bits per heavy atom. The summed E-state index contributed by atoms with van der Waals surface area (Å²) in [4.78, 5) is 14.5. The number of hydrogen-bond acceptors (Lipinski definition) is 2. The van der Waals surface area contributed by atoms with E-state index >= 15 is 0 Å². The largest absolute Gasteiger partial charge is 0.493 e. The lowest BCUT2D eigenvalue weighted by molar-refractivity contribution is 0.241. The van der Waals surface area contributed by atoms with E-state index in [1.54, 1.807) is 0 Å². The van der Waals surface area contributed by atoms with E-state index in [2.05, 4.69) is 17.4 Å². The van der Waals surface area contributed by atoms with Crippen LogP contribution in [0.25, 0.3) is 0 Å². The van der Waals surface area contributed by atoms with Crippen molar-refractivity contribution in [1.29, 1.82) is 0 Å². The number of ether oxygens (including phenoxy) is 1. The van der Waals surface area contributed by atoms with Crippen molar-refractivity contribution >= 4 is 11.7 Å². The first kappa shape index (κ1) is 14.1. The first-order chi connectivity index (χ1) is 11.1. The summed E-state index contributed by atoms with van der Waals surface area (Å²) in [5, 5.41) is 3.14. The summed E-state index contributed by atoms with van der Waals surface area (Å²) in [5.74, 6) is 0.949. The van der Waals surface area contributed by atoms with Crippen molar-refractivity contribution in [2.75, 3.05) is 11.5 Å². The van der Waals surface area contributed by atoms with Crippen LogP contribution in [-0.4, -0.2) is 18.7 Å². The quantitative estimate of drug-likeness (QED) is 0.920. The molecule has 4 rings (SSSR count). The van der Waals surface area contributed by atoms with Crippen molar-refractivity contribution in [3.05, 3.63) is 59.2 Å². The number of rotatable bonds is 2. The van der Waals surface area contributed by atoms with Crippen molar-refractivity contribution in [2.24, 2.45) is 0 Å². The van der Waals surface area contributed by atoms with Crippen LogP contribution in [0.3, 0.4) is 0 Å². The molecule has 2 aliphatic rings. The Hall–Kier alpha value is -2.49. The summed E-state index contributed by atoms with van der Waals surface area (Å²) in [6, 6.07) is 14.2. The van der Waals surface area contributed by atoms with Gasteiger partial charge in [0, 0.05) is 18.0 Å². The molecule has 1 N–H and O–H groups in total. The zero-order chi connectivity index (χ0) is 16.0. The number of amides is 2. The van der Waals surface area contributed by atoms with Crippen LogP contribution >= 0.6 is 0 Å². The van der Waals surface area contributed by atoms with Gasteiger partial charge in [-0.15, -0.1) is 0 Å². The predicted octanol–water partition coefficient (Wildman–Crippen LogP) is 3.65. The van der Waals surface area contributed by atoms with Gasteiger partial charge in [-0.3, -0.25) is 4.90 Å². The summed E-state index contributed by atoms with van der Waals surface area (Å²) < 4.78 is 5.74. The van der Waals surface area contributed by atoms with Gasteiger partial charge in [0.05, 0.1) is 18.3 Å². The summed E-state index contributed by atoms with van der Waals surface area (Å²) >= 11 is 0. The van der Waals surface area contributed by atoms with Crippen LogP contribution in [0.5, 0.6) is 5.75 Å². The van der Waals surface area contributed by atoms with Gasteiger partial charge in [-0.2, -0.15) is 0 Å². The number of nitrogens with zero attached hydrogens (tertiary/aromatic N) is 1. The number of benzene rings is 2. The molecule has 2 aromatic rings. The Morgan fingerprint density at radius 1 is 1.22 bits per heavy atom. The summed E-state index contributed by atoms with van der Waals surface area (Å²) in [6.45, 7) is 4.79. The maximum Gasteiger partial charge on any atom is 0.322 e. The Labute approximate surface area is 136 Å². The van der Waals surface area contributed by atoms with E-state index in [0.29, 0.717) is 0 Å². The summed E-state index contributed by atoms with van der Waals surface area (Å²) in [7, 11) is 0. The van der Waals surface area contributed by atoms with E-state index in [4.69, 9.17) is 4.74 Å². The molecule has 2 aliphatic heterocycles. The van der Waals surface area contributed by atoms with Crippen LogP contribution in [0.1, 0.15) is 36.6 Å². The number of carbonyl (C=O) groups is 1. The SMILES string of the molecule is CC(C)N1C(=O)NC(c2ccccc2)c2cc3c(cc21)CCO3.